The lowest BCUT2D eigenvalue weighted by Gasteiger charge is -2.40. The van der Waals surface area contributed by atoms with E-state index in [9.17, 15) is 13.9 Å². The first-order chi connectivity index (χ1) is 22.3. The Morgan fingerprint density at radius 2 is 2.04 bits per heavy atom. The average Bonchev–Trinajstić information content (AvgIpc) is 3.68. The van der Waals surface area contributed by atoms with Gasteiger partial charge in [-0.2, -0.15) is 9.97 Å². The number of pyridine rings is 1. The lowest BCUT2D eigenvalue weighted by molar-refractivity contribution is 0.107. The highest BCUT2D eigenvalue weighted by atomic mass is 19.1. The van der Waals surface area contributed by atoms with Gasteiger partial charge in [0, 0.05) is 42.5 Å². The van der Waals surface area contributed by atoms with Crippen molar-refractivity contribution >= 4 is 27.5 Å². The van der Waals surface area contributed by atoms with Gasteiger partial charge in [-0.15, -0.1) is 6.42 Å². The normalized spacial score (nSPS) is 28.2. The molecule has 5 aliphatic heterocycles. The highest BCUT2D eigenvalue weighted by Crippen LogP contribution is 2.45. The van der Waals surface area contributed by atoms with Crippen LogP contribution < -0.4 is 19.7 Å². The zero-order valence-electron chi connectivity index (χ0n) is 24.9. The smallest absolute Gasteiger partial charge is 0.319 e. The quantitative estimate of drug-likeness (QED) is 0.318. The second-order valence-corrected chi connectivity index (χ2v) is 13.2. The Morgan fingerprint density at radius 1 is 1.15 bits per heavy atom. The minimum absolute atomic E-state index is 0.0179. The molecule has 9 rings (SSSR count). The molecular formula is C34H31F3N6O3. The lowest BCUT2D eigenvalue weighted by Crippen LogP contribution is -2.60. The van der Waals surface area contributed by atoms with Crippen molar-refractivity contribution in [3.05, 3.63) is 41.5 Å². The van der Waals surface area contributed by atoms with E-state index in [0.29, 0.717) is 36.1 Å². The standard InChI is InChI=1S/C34H31F3N6O3/c1-2-21-23(36)6-4-17-10-20(44)11-22(26(17)21)29-28(37)30-27-31(43-14-19-5-7-24(38-19)25(43)15-45-32(27)39-29)41-33(40-30)46-16-34-8-3-9-42(34)13-18(35)12-34/h1,4,6,10-11,18-19,24-25,38,44H,3,5,7-9,12-16H2/t18-,19+,24-,25+,34+/m0/s1. The Kier molecular flexibility index (Phi) is 6.12. The maximum absolute atomic E-state index is 17.0. The number of nitrogens with one attached hydrogen (secondary N) is 1. The van der Waals surface area contributed by atoms with Crippen molar-refractivity contribution in [2.45, 2.75) is 61.9 Å². The number of hydrogen-bond acceptors (Lipinski definition) is 9. The van der Waals surface area contributed by atoms with Crippen LogP contribution in [-0.4, -0.2) is 87.6 Å². The summed E-state index contributed by atoms with van der Waals surface area (Å²) < 4.78 is 59.1. The molecule has 2 aromatic heterocycles. The van der Waals surface area contributed by atoms with Gasteiger partial charge in [0.1, 0.15) is 53.4 Å². The summed E-state index contributed by atoms with van der Waals surface area (Å²) in [6.07, 6.45) is 8.89. The molecule has 12 heteroatoms. The van der Waals surface area contributed by atoms with E-state index in [1.54, 1.807) is 0 Å². The second kappa shape index (κ2) is 10.1. The Balaban J connectivity index is 1.25. The van der Waals surface area contributed by atoms with Crippen LogP contribution in [0.15, 0.2) is 24.3 Å². The fourth-order valence-corrected chi connectivity index (χ4v) is 8.56. The molecule has 46 heavy (non-hydrogen) atoms. The van der Waals surface area contributed by atoms with Crippen LogP contribution in [0.1, 0.15) is 37.7 Å². The van der Waals surface area contributed by atoms with Gasteiger partial charge in [0.05, 0.1) is 17.1 Å². The molecule has 7 heterocycles. The molecule has 5 aliphatic rings. The van der Waals surface area contributed by atoms with Crippen molar-refractivity contribution in [3.8, 4) is 41.2 Å². The SMILES string of the molecule is C#Cc1c(F)ccc2cc(O)cc(-c3nc4c5c(nc(OC[C@]67CCCN6C[C@@H](F)C7)nc5c3F)N3C[C@H]5CC[C@H](N5)[C@H]3CO4)c12. The third-order valence-electron chi connectivity index (χ3n) is 10.6. The van der Waals surface area contributed by atoms with Gasteiger partial charge in [0.15, 0.2) is 5.82 Å². The van der Waals surface area contributed by atoms with E-state index in [1.165, 1.54) is 24.3 Å². The number of phenols is 1. The van der Waals surface area contributed by atoms with Crippen molar-refractivity contribution in [1.82, 2.24) is 25.2 Å². The highest BCUT2D eigenvalue weighted by Gasteiger charge is 2.50. The van der Waals surface area contributed by atoms with Gasteiger partial charge in [-0.1, -0.05) is 12.0 Å². The molecule has 5 atom stereocenters. The van der Waals surface area contributed by atoms with E-state index in [4.69, 9.17) is 20.9 Å². The molecule has 236 valence electrons. The molecule has 2 N–H and O–H groups in total. The van der Waals surface area contributed by atoms with E-state index < -0.39 is 23.3 Å². The summed E-state index contributed by atoms with van der Waals surface area (Å²) in [4.78, 5) is 18.4. The number of rotatable bonds is 4. The van der Waals surface area contributed by atoms with Crippen LogP contribution >= 0.6 is 0 Å². The van der Waals surface area contributed by atoms with E-state index in [0.717, 1.165) is 32.2 Å². The number of nitrogens with zero attached hydrogens (tertiary/aromatic N) is 5. The minimum Gasteiger partial charge on any atom is -0.508 e. The van der Waals surface area contributed by atoms with Crippen molar-refractivity contribution in [2.75, 3.05) is 37.7 Å². The van der Waals surface area contributed by atoms with Gasteiger partial charge >= 0.3 is 6.01 Å². The average molecular weight is 629 g/mol. The van der Waals surface area contributed by atoms with Crippen LogP contribution in [0.2, 0.25) is 0 Å². The van der Waals surface area contributed by atoms with Crippen molar-refractivity contribution in [3.63, 3.8) is 0 Å². The predicted molar refractivity (Wildman–Crippen MR) is 165 cm³/mol. The number of phenolic OH excluding ortho intramolecular Hbond substituents is 1. The minimum atomic E-state index is -0.927. The Morgan fingerprint density at radius 3 is 2.91 bits per heavy atom. The summed E-state index contributed by atoms with van der Waals surface area (Å²) in [5.41, 5.74) is -0.688. The van der Waals surface area contributed by atoms with Crippen LogP contribution in [0.3, 0.4) is 0 Å². The molecule has 4 fully saturated rings. The van der Waals surface area contributed by atoms with E-state index in [1.807, 2.05) is 0 Å². The van der Waals surface area contributed by atoms with Gasteiger partial charge in [0.2, 0.25) is 5.88 Å². The van der Waals surface area contributed by atoms with E-state index in [-0.39, 0.29) is 76.7 Å². The number of terminal acetylenes is 1. The fourth-order valence-electron chi connectivity index (χ4n) is 8.56. The summed E-state index contributed by atoms with van der Waals surface area (Å²) in [5.74, 6) is 1.35. The molecular weight excluding hydrogens is 597 g/mol. The van der Waals surface area contributed by atoms with Crippen molar-refractivity contribution < 1.29 is 27.8 Å². The topological polar surface area (TPSA) is 95.9 Å². The summed E-state index contributed by atoms with van der Waals surface area (Å²) in [6.45, 7) is 2.27. The summed E-state index contributed by atoms with van der Waals surface area (Å²) >= 11 is 0. The molecule has 0 unspecified atom stereocenters. The Labute approximate surface area is 262 Å². The van der Waals surface area contributed by atoms with Gasteiger partial charge in [0.25, 0.3) is 0 Å². The van der Waals surface area contributed by atoms with Crippen molar-refractivity contribution in [2.24, 2.45) is 0 Å². The first-order valence-electron chi connectivity index (χ1n) is 15.8. The van der Waals surface area contributed by atoms with Crippen LogP contribution in [0, 0.1) is 24.0 Å². The molecule has 0 aliphatic carbocycles. The van der Waals surface area contributed by atoms with Gasteiger partial charge < -0.3 is 24.8 Å². The molecule has 0 radical (unpaired) electrons. The number of hydrogen-bond donors (Lipinski definition) is 2. The number of aromatic nitrogens is 3. The molecule has 0 amide bonds. The number of benzene rings is 2. The third-order valence-corrected chi connectivity index (χ3v) is 10.6. The third kappa shape index (κ3) is 4.07. The number of anilines is 1. The predicted octanol–water partition coefficient (Wildman–Crippen LogP) is 4.47. The maximum atomic E-state index is 17.0. The monoisotopic (exact) mass is 628 g/mol. The first kappa shape index (κ1) is 27.9. The number of fused-ring (bicyclic) bond motifs is 7. The van der Waals surface area contributed by atoms with Gasteiger partial charge in [-0.25, -0.2) is 18.2 Å². The second-order valence-electron chi connectivity index (χ2n) is 13.2. The lowest BCUT2D eigenvalue weighted by atomic mass is 9.95. The highest BCUT2D eigenvalue weighted by molar-refractivity contribution is 6.04. The fraction of sp³-hybridized carbons (Fsp3) is 0.441. The largest absolute Gasteiger partial charge is 0.508 e. The van der Waals surface area contributed by atoms with E-state index >= 15 is 4.39 Å². The Hall–Kier alpha value is -4.34. The number of piperazine rings is 1. The first-order valence-corrected chi connectivity index (χ1v) is 15.8. The molecule has 9 nitrogen and oxygen atoms in total. The molecule has 4 aromatic rings. The van der Waals surface area contributed by atoms with Crippen LogP contribution in [0.4, 0.5) is 19.0 Å². The number of aromatic hydroxyl groups is 1. The van der Waals surface area contributed by atoms with Crippen LogP contribution in [0.5, 0.6) is 17.6 Å². The maximum Gasteiger partial charge on any atom is 0.319 e. The van der Waals surface area contributed by atoms with Crippen LogP contribution in [-0.2, 0) is 0 Å². The molecule has 2 aromatic carbocycles. The van der Waals surface area contributed by atoms with Gasteiger partial charge in [-0.3, -0.25) is 4.90 Å². The summed E-state index contributed by atoms with van der Waals surface area (Å²) in [7, 11) is 0. The molecule has 0 saturated carbocycles. The molecule has 4 saturated heterocycles. The summed E-state index contributed by atoms with van der Waals surface area (Å²) in [5, 5.41) is 15.3. The molecule has 0 spiro atoms. The Bertz CT molecular complexity index is 1990. The molecule has 2 bridgehead atoms. The number of ether oxygens (including phenoxy) is 2. The zero-order valence-corrected chi connectivity index (χ0v) is 24.9. The zero-order chi connectivity index (χ0) is 31.3. The number of halogens is 3. The van der Waals surface area contributed by atoms with Gasteiger partial charge in [-0.05, 0) is 55.8 Å². The van der Waals surface area contributed by atoms with Crippen molar-refractivity contribution in [1.29, 1.82) is 0 Å². The summed E-state index contributed by atoms with van der Waals surface area (Å²) in [6, 6.07) is 5.72. The van der Waals surface area contributed by atoms with E-state index in [2.05, 4.69) is 31.0 Å². The number of alkyl halides is 1. The van der Waals surface area contributed by atoms with Crippen LogP contribution in [0.25, 0.3) is 32.9 Å².